The molecular weight excluding hydrogens is 384 g/mol. The van der Waals surface area contributed by atoms with Crippen LogP contribution >= 0.6 is 11.8 Å². The number of aromatic hydroxyl groups is 2. The predicted molar refractivity (Wildman–Crippen MR) is 104 cm³/mol. The topological polar surface area (TPSA) is 116 Å². The number of hydrogen-bond donors (Lipinski definition) is 3. The number of amides is 3. The smallest absolute Gasteiger partial charge is 0.294 e. The van der Waals surface area contributed by atoms with Crippen LogP contribution in [0.4, 0.5) is 10.5 Å². The average Bonchev–Trinajstić information content (AvgIpc) is 2.92. The van der Waals surface area contributed by atoms with E-state index in [0.29, 0.717) is 28.8 Å². The molecule has 8 nitrogen and oxygen atoms in total. The van der Waals surface area contributed by atoms with Gasteiger partial charge in [0.2, 0.25) is 5.91 Å². The molecule has 0 bridgehead atoms. The van der Waals surface area contributed by atoms with Crippen molar-refractivity contribution < 1.29 is 29.3 Å². The zero-order chi connectivity index (χ0) is 20.3. The quantitative estimate of drug-likeness (QED) is 0.522. The molecule has 0 unspecified atom stereocenters. The molecule has 0 saturated carbocycles. The Balaban J connectivity index is 1.72. The van der Waals surface area contributed by atoms with Crippen molar-refractivity contribution in [2.45, 2.75) is 0 Å². The molecule has 3 amide bonds. The van der Waals surface area contributed by atoms with Gasteiger partial charge in [-0.05, 0) is 47.7 Å². The maximum absolute atomic E-state index is 12.5. The fraction of sp³-hybridized carbons (Fsp3) is 0.105. The van der Waals surface area contributed by atoms with E-state index in [-0.39, 0.29) is 16.4 Å². The number of hydrogen-bond acceptors (Lipinski definition) is 7. The highest BCUT2D eigenvalue weighted by atomic mass is 32.2. The van der Waals surface area contributed by atoms with Gasteiger partial charge in [-0.15, -0.1) is 0 Å². The minimum absolute atomic E-state index is 0.111. The largest absolute Gasteiger partial charge is 0.504 e. The zero-order valence-electron chi connectivity index (χ0n) is 14.7. The Hall–Kier alpha value is -3.46. The van der Waals surface area contributed by atoms with Crippen LogP contribution in [0.25, 0.3) is 6.08 Å². The number of imide groups is 1. The highest BCUT2D eigenvalue weighted by Crippen LogP contribution is 2.34. The number of carbonyl (C=O) groups is 3. The minimum atomic E-state index is -0.613. The summed E-state index contributed by atoms with van der Waals surface area (Å²) < 4.78 is 5.15. The number of nitrogens with zero attached hydrogens (tertiary/aromatic N) is 1. The maximum atomic E-state index is 12.5. The van der Waals surface area contributed by atoms with Crippen molar-refractivity contribution in [1.82, 2.24) is 4.90 Å². The molecule has 1 saturated heterocycles. The van der Waals surface area contributed by atoms with Gasteiger partial charge in [0.1, 0.15) is 12.3 Å². The number of phenols is 2. The minimum Gasteiger partial charge on any atom is -0.504 e. The van der Waals surface area contributed by atoms with E-state index in [1.165, 1.54) is 31.4 Å². The molecule has 0 radical (unpaired) electrons. The lowest BCUT2D eigenvalue weighted by Gasteiger charge is -2.14. The Bertz CT molecular complexity index is 988. The first-order valence-electron chi connectivity index (χ1n) is 8.09. The molecule has 0 aromatic heterocycles. The van der Waals surface area contributed by atoms with Crippen molar-refractivity contribution >= 4 is 40.6 Å². The number of ether oxygens (including phenoxy) is 1. The Morgan fingerprint density at radius 1 is 1.18 bits per heavy atom. The average molecular weight is 400 g/mol. The van der Waals surface area contributed by atoms with Gasteiger partial charge in [0.05, 0.1) is 17.7 Å². The van der Waals surface area contributed by atoms with Crippen LogP contribution in [-0.2, 0) is 9.59 Å². The van der Waals surface area contributed by atoms with Crippen LogP contribution in [0.2, 0.25) is 0 Å². The number of methoxy groups -OCH3 is 1. The maximum Gasteiger partial charge on any atom is 0.294 e. The van der Waals surface area contributed by atoms with Crippen molar-refractivity contribution in [3.05, 3.63) is 52.9 Å². The molecule has 3 N–H and O–H groups in total. The summed E-state index contributed by atoms with van der Waals surface area (Å²) >= 11 is 0.692. The summed E-state index contributed by atoms with van der Waals surface area (Å²) in [5, 5.41) is 20.9. The first-order chi connectivity index (χ1) is 13.4. The Kier molecular flexibility index (Phi) is 5.55. The lowest BCUT2D eigenvalue weighted by atomic mass is 10.2. The molecule has 1 aliphatic heterocycles. The Morgan fingerprint density at radius 2 is 1.93 bits per heavy atom. The van der Waals surface area contributed by atoms with Crippen molar-refractivity contribution in [3.63, 3.8) is 0 Å². The van der Waals surface area contributed by atoms with Crippen LogP contribution in [0.3, 0.4) is 0 Å². The summed E-state index contributed by atoms with van der Waals surface area (Å²) in [6.07, 6.45) is 1.40. The summed E-state index contributed by atoms with van der Waals surface area (Å²) in [6.45, 7) is -0.444. The highest BCUT2D eigenvalue weighted by molar-refractivity contribution is 8.18. The summed E-state index contributed by atoms with van der Waals surface area (Å²) in [5.74, 6) is -1.34. The summed E-state index contributed by atoms with van der Waals surface area (Å²) in [5.41, 5.74) is 0.858. The van der Waals surface area contributed by atoms with Gasteiger partial charge in [-0.1, -0.05) is 18.2 Å². The summed E-state index contributed by atoms with van der Waals surface area (Å²) in [7, 11) is 1.47. The Labute approximate surface area is 164 Å². The van der Waals surface area contributed by atoms with Gasteiger partial charge < -0.3 is 20.3 Å². The van der Waals surface area contributed by atoms with Crippen LogP contribution in [0.1, 0.15) is 5.56 Å². The first-order valence-corrected chi connectivity index (χ1v) is 8.91. The lowest BCUT2D eigenvalue weighted by Crippen LogP contribution is -2.36. The monoisotopic (exact) mass is 400 g/mol. The van der Waals surface area contributed by atoms with Crippen LogP contribution < -0.4 is 10.1 Å². The molecule has 28 heavy (non-hydrogen) atoms. The molecule has 0 aliphatic carbocycles. The molecule has 1 aliphatic rings. The first kappa shape index (κ1) is 19.3. The number of thioether (sulfide) groups is 1. The molecule has 2 aromatic carbocycles. The van der Waals surface area contributed by atoms with E-state index < -0.39 is 23.6 Å². The number of nitrogens with one attached hydrogen (secondary N) is 1. The third-order valence-electron chi connectivity index (χ3n) is 3.85. The van der Waals surface area contributed by atoms with E-state index in [2.05, 4.69) is 5.32 Å². The normalized spacial score (nSPS) is 15.2. The van der Waals surface area contributed by atoms with Crippen LogP contribution in [0.15, 0.2) is 47.4 Å². The van der Waals surface area contributed by atoms with Crippen molar-refractivity contribution in [2.24, 2.45) is 0 Å². The molecule has 0 atom stereocenters. The molecule has 1 fully saturated rings. The van der Waals surface area contributed by atoms with Gasteiger partial charge in [-0.25, -0.2) is 0 Å². The van der Waals surface area contributed by atoms with E-state index in [1.807, 2.05) is 0 Å². The van der Waals surface area contributed by atoms with Gasteiger partial charge in [-0.2, -0.15) is 0 Å². The highest BCUT2D eigenvalue weighted by Gasteiger charge is 2.36. The zero-order valence-corrected chi connectivity index (χ0v) is 15.5. The van der Waals surface area contributed by atoms with Crippen LogP contribution in [0, 0.1) is 0 Å². The molecule has 1 heterocycles. The Morgan fingerprint density at radius 3 is 2.64 bits per heavy atom. The van der Waals surface area contributed by atoms with Crippen LogP contribution in [-0.4, -0.2) is 45.8 Å². The van der Waals surface area contributed by atoms with Crippen molar-refractivity contribution in [2.75, 3.05) is 19.0 Å². The van der Waals surface area contributed by atoms with Crippen molar-refractivity contribution in [1.29, 1.82) is 0 Å². The number of phenolic OH excluding ortho intramolecular Hbond substituents is 2. The van der Waals surface area contributed by atoms with E-state index >= 15 is 0 Å². The molecule has 0 spiro atoms. The second kappa shape index (κ2) is 8.05. The third-order valence-corrected chi connectivity index (χ3v) is 4.76. The van der Waals surface area contributed by atoms with E-state index in [9.17, 15) is 24.6 Å². The van der Waals surface area contributed by atoms with E-state index in [4.69, 9.17) is 4.74 Å². The summed E-state index contributed by atoms with van der Waals surface area (Å²) in [6, 6.07) is 10.8. The van der Waals surface area contributed by atoms with Gasteiger partial charge in [0.25, 0.3) is 11.1 Å². The van der Waals surface area contributed by atoms with Gasteiger partial charge in [0, 0.05) is 0 Å². The molecule has 9 heteroatoms. The predicted octanol–water partition coefficient (Wildman–Crippen LogP) is 2.78. The second-order valence-corrected chi connectivity index (χ2v) is 6.76. The summed E-state index contributed by atoms with van der Waals surface area (Å²) in [4.78, 5) is 37.9. The fourth-order valence-corrected chi connectivity index (χ4v) is 3.34. The second-order valence-electron chi connectivity index (χ2n) is 5.76. The van der Waals surface area contributed by atoms with Gasteiger partial charge in [-0.3, -0.25) is 19.3 Å². The number of para-hydroxylation sites is 2. The van der Waals surface area contributed by atoms with Gasteiger partial charge >= 0.3 is 0 Å². The number of benzene rings is 2. The SMILES string of the molecule is COc1ccccc1NC(=O)CN1C(=O)S/C(=C/c2ccc(O)c(O)c2)C1=O. The molecular formula is C19H16N2O6S. The van der Waals surface area contributed by atoms with Crippen LogP contribution in [0.5, 0.6) is 17.2 Å². The number of anilines is 1. The molecule has 2 aromatic rings. The number of rotatable bonds is 5. The van der Waals surface area contributed by atoms with Gasteiger partial charge in [0.15, 0.2) is 11.5 Å². The van der Waals surface area contributed by atoms with E-state index in [1.54, 1.807) is 24.3 Å². The fourth-order valence-electron chi connectivity index (χ4n) is 2.50. The molecule has 3 rings (SSSR count). The standard InChI is InChI=1S/C19H16N2O6S/c1-27-15-5-3-2-4-12(15)20-17(24)10-21-18(25)16(28-19(21)26)9-11-6-7-13(22)14(23)8-11/h2-9,22-23H,10H2,1H3,(H,20,24)/b16-9+. The lowest BCUT2D eigenvalue weighted by molar-refractivity contribution is -0.127. The van der Waals surface area contributed by atoms with E-state index in [0.717, 1.165) is 4.90 Å². The van der Waals surface area contributed by atoms with Crippen molar-refractivity contribution in [3.8, 4) is 17.2 Å². The molecule has 144 valence electrons. The third kappa shape index (κ3) is 4.09. The number of carbonyl (C=O) groups excluding carboxylic acids is 3.